The normalized spacial score (nSPS) is 26.7. The first-order chi connectivity index (χ1) is 12.5. The summed E-state index contributed by atoms with van der Waals surface area (Å²) in [5, 5.41) is 12.5. The van der Waals surface area contributed by atoms with Crippen molar-refractivity contribution in [2.75, 3.05) is 13.1 Å². The van der Waals surface area contributed by atoms with Crippen LogP contribution in [-0.2, 0) is 11.3 Å². The summed E-state index contributed by atoms with van der Waals surface area (Å²) in [7, 11) is 0. The Balaban J connectivity index is 1.52. The van der Waals surface area contributed by atoms with Crippen molar-refractivity contribution >= 4 is 12.0 Å². The topological polar surface area (TPSA) is 91.6 Å². The Hall–Kier alpha value is -2.31. The predicted octanol–water partition coefficient (Wildman–Crippen LogP) is 1.76. The minimum Gasteiger partial charge on any atom is -0.480 e. The number of likely N-dealkylation sites (tertiary alicyclic amines) is 1. The van der Waals surface area contributed by atoms with Crippen molar-refractivity contribution in [3.63, 3.8) is 0 Å². The van der Waals surface area contributed by atoms with Crippen LogP contribution in [0.4, 0.5) is 4.79 Å². The van der Waals surface area contributed by atoms with Gasteiger partial charge >= 0.3 is 12.0 Å². The summed E-state index contributed by atoms with van der Waals surface area (Å²) < 4.78 is 1.83. The predicted molar refractivity (Wildman–Crippen MR) is 95.1 cm³/mol. The van der Waals surface area contributed by atoms with Gasteiger partial charge in [-0.3, -0.25) is 4.79 Å². The summed E-state index contributed by atoms with van der Waals surface area (Å²) in [6.45, 7) is 1.72. The third kappa shape index (κ3) is 2.89. The lowest BCUT2D eigenvalue weighted by Crippen LogP contribution is -2.61. The molecule has 2 amide bonds. The fraction of sp³-hybridized carbons (Fsp3) is 0.632. The molecule has 0 spiro atoms. The second kappa shape index (κ2) is 6.45. The van der Waals surface area contributed by atoms with Crippen LogP contribution in [0.1, 0.15) is 50.1 Å². The average molecular weight is 359 g/mol. The fourth-order valence-corrected chi connectivity index (χ4v) is 4.89. The van der Waals surface area contributed by atoms with Gasteiger partial charge in [0.1, 0.15) is 5.54 Å². The SMILES string of the molecule is O=C(NC1(C(=O)O)CCCCC1)N1C[C@H]2C[C@H](C1)c1cccc(=O)n1C2. The molecule has 1 aromatic rings. The van der Waals surface area contributed by atoms with Crippen molar-refractivity contribution in [3.8, 4) is 0 Å². The van der Waals surface area contributed by atoms with Gasteiger partial charge in [-0.25, -0.2) is 9.59 Å². The molecular formula is C19H25N3O4. The molecule has 26 heavy (non-hydrogen) atoms. The molecule has 2 N–H and O–H groups in total. The molecule has 1 saturated heterocycles. The molecular weight excluding hydrogens is 334 g/mol. The summed E-state index contributed by atoms with van der Waals surface area (Å²) in [4.78, 5) is 38.5. The molecule has 2 fully saturated rings. The molecule has 3 heterocycles. The Bertz CT molecular complexity index is 781. The molecule has 0 unspecified atom stereocenters. The number of fused-ring (bicyclic) bond motifs is 4. The maximum Gasteiger partial charge on any atom is 0.329 e. The van der Waals surface area contributed by atoms with E-state index in [0.29, 0.717) is 32.5 Å². The molecule has 0 radical (unpaired) electrons. The van der Waals surface area contributed by atoms with Crippen molar-refractivity contribution in [1.82, 2.24) is 14.8 Å². The number of urea groups is 1. The van der Waals surface area contributed by atoms with Gasteiger partial charge in [0.05, 0.1) is 0 Å². The van der Waals surface area contributed by atoms with E-state index >= 15 is 0 Å². The number of carboxylic acids is 1. The van der Waals surface area contributed by atoms with Crippen LogP contribution >= 0.6 is 0 Å². The van der Waals surface area contributed by atoms with Gasteiger partial charge in [0.25, 0.3) is 5.56 Å². The van der Waals surface area contributed by atoms with E-state index in [1.165, 1.54) is 0 Å². The van der Waals surface area contributed by atoms with Crippen molar-refractivity contribution < 1.29 is 14.7 Å². The quantitative estimate of drug-likeness (QED) is 0.842. The molecule has 140 valence electrons. The van der Waals surface area contributed by atoms with E-state index in [4.69, 9.17) is 0 Å². The molecule has 2 aliphatic heterocycles. The van der Waals surface area contributed by atoms with Gasteiger partial charge in [-0.05, 0) is 31.2 Å². The van der Waals surface area contributed by atoms with Gasteiger partial charge in [-0.2, -0.15) is 0 Å². The van der Waals surface area contributed by atoms with Crippen molar-refractivity contribution in [2.24, 2.45) is 5.92 Å². The number of carboxylic acid groups (broad SMARTS) is 1. The number of aromatic nitrogens is 1. The van der Waals surface area contributed by atoms with Crippen LogP contribution in [0.5, 0.6) is 0 Å². The number of nitrogens with one attached hydrogen (secondary N) is 1. The number of rotatable bonds is 2. The first-order valence-corrected chi connectivity index (χ1v) is 9.49. The van der Waals surface area contributed by atoms with Gasteiger partial charge in [0.15, 0.2) is 0 Å². The van der Waals surface area contributed by atoms with Gasteiger partial charge in [-0.1, -0.05) is 25.3 Å². The summed E-state index contributed by atoms with van der Waals surface area (Å²) in [6, 6.07) is 5.03. The molecule has 0 aromatic carbocycles. The molecule has 2 atom stereocenters. The molecule has 1 aliphatic carbocycles. The highest BCUT2D eigenvalue weighted by molar-refractivity contribution is 5.86. The van der Waals surface area contributed by atoms with Crippen LogP contribution in [0.3, 0.4) is 0 Å². The zero-order valence-electron chi connectivity index (χ0n) is 14.8. The molecule has 1 aromatic heterocycles. The zero-order valence-corrected chi connectivity index (χ0v) is 14.8. The second-order valence-corrected chi connectivity index (χ2v) is 7.98. The highest BCUT2D eigenvalue weighted by atomic mass is 16.4. The summed E-state index contributed by atoms with van der Waals surface area (Å²) >= 11 is 0. The van der Waals surface area contributed by atoms with E-state index in [9.17, 15) is 19.5 Å². The van der Waals surface area contributed by atoms with E-state index in [0.717, 1.165) is 31.4 Å². The highest BCUT2D eigenvalue weighted by Gasteiger charge is 2.43. The fourth-order valence-electron chi connectivity index (χ4n) is 4.89. The third-order valence-electron chi connectivity index (χ3n) is 6.23. The Kier molecular flexibility index (Phi) is 4.25. The van der Waals surface area contributed by atoms with Crippen LogP contribution in [0.15, 0.2) is 23.0 Å². The maximum absolute atomic E-state index is 12.9. The largest absolute Gasteiger partial charge is 0.480 e. The van der Waals surface area contributed by atoms with Gasteiger partial charge in [-0.15, -0.1) is 0 Å². The van der Waals surface area contributed by atoms with Gasteiger partial charge in [0.2, 0.25) is 0 Å². The Labute approximate surface area is 152 Å². The third-order valence-corrected chi connectivity index (χ3v) is 6.23. The van der Waals surface area contributed by atoms with Crippen molar-refractivity contribution in [2.45, 2.75) is 56.5 Å². The number of piperidine rings is 1. The number of carbonyl (C=O) groups excluding carboxylic acids is 1. The van der Waals surface area contributed by atoms with E-state index < -0.39 is 11.5 Å². The second-order valence-electron chi connectivity index (χ2n) is 7.98. The number of carbonyl (C=O) groups is 2. The highest BCUT2D eigenvalue weighted by Crippen LogP contribution is 2.35. The minimum absolute atomic E-state index is 0.0159. The Morgan fingerprint density at radius 1 is 1.12 bits per heavy atom. The number of amides is 2. The number of pyridine rings is 1. The first kappa shape index (κ1) is 17.1. The number of aliphatic carboxylic acids is 1. The zero-order chi connectivity index (χ0) is 18.3. The van der Waals surface area contributed by atoms with Crippen molar-refractivity contribution in [3.05, 3.63) is 34.2 Å². The van der Waals surface area contributed by atoms with Crippen LogP contribution in [-0.4, -0.2) is 45.2 Å². The van der Waals surface area contributed by atoms with Crippen molar-refractivity contribution in [1.29, 1.82) is 0 Å². The molecule has 4 rings (SSSR count). The molecule has 3 aliphatic rings. The van der Waals surface area contributed by atoms with Crippen LogP contribution in [0.2, 0.25) is 0 Å². The first-order valence-electron chi connectivity index (χ1n) is 9.49. The lowest BCUT2D eigenvalue weighted by molar-refractivity contribution is -0.146. The summed E-state index contributed by atoms with van der Waals surface area (Å²) in [5.41, 5.74) is -0.129. The number of nitrogens with zero attached hydrogens (tertiary/aromatic N) is 2. The lowest BCUT2D eigenvalue weighted by Gasteiger charge is -2.44. The lowest BCUT2D eigenvalue weighted by atomic mass is 9.81. The van der Waals surface area contributed by atoms with E-state index in [2.05, 4.69) is 5.32 Å². The van der Waals surface area contributed by atoms with Gasteiger partial charge in [0, 0.05) is 37.3 Å². The van der Waals surface area contributed by atoms with Crippen LogP contribution in [0.25, 0.3) is 0 Å². The van der Waals surface area contributed by atoms with E-state index in [-0.39, 0.29) is 23.4 Å². The van der Waals surface area contributed by atoms with Gasteiger partial charge < -0.3 is 19.9 Å². The molecule has 7 nitrogen and oxygen atoms in total. The molecule has 2 bridgehead atoms. The number of hydrogen-bond acceptors (Lipinski definition) is 3. The van der Waals surface area contributed by atoms with Crippen LogP contribution in [0, 0.1) is 5.92 Å². The Morgan fingerprint density at radius 3 is 2.62 bits per heavy atom. The molecule has 1 saturated carbocycles. The minimum atomic E-state index is -1.13. The Morgan fingerprint density at radius 2 is 1.88 bits per heavy atom. The number of hydrogen-bond donors (Lipinski definition) is 2. The van der Waals surface area contributed by atoms with Crippen LogP contribution < -0.4 is 10.9 Å². The smallest absolute Gasteiger partial charge is 0.329 e. The van der Waals surface area contributed by atoms with E-state index in [1.807, 2.05) is 10.6 Å². The molecule has 7 heteroatoms. The maximum atomic E-state index is 12.9. The summed E-state index contributed by atoms with van der Waals surface area (Å²) in [6.07, 6.45) is 4.63. The summed E-state index contributed by atoms with van der Waals surface area (Å²) in [5.74, 6) is -0.562. The standard InChI is InChI=1S/C19H25N3O4/c23-16-6-4-5-15-14-9-13(11-22(15)16)10-21(12-14)18(26)20-19(17(24)25)7-2-1-3-8-19/h4-6,13-14H,1-3,7-12H2,(H,20,26)(H,24,25)/t13-,14-/m1/s1. The average Bonchev–Trinajstić information content (AvgIpc) is 2.63. The monoisotopic (exact) mass is 359 g/mol. The van der Waals surface area contributed by atoms with E-state index in [1.54, 1.807) is 17.0 Å².